The van der Waals surface area contributed by atoms with Crippen molar-refractivity contribution in [2.24, 2.45) is 10.8 Å². The maximum atomic E-state index is 11.1. The second-order valence-corrected chi connectivity index (χ2v) is 22.8. The molecule has 0 saturated heterocycles. The maximum absolute atomic E-state index is 11.1. The molecule has 0 amide bonds. The van der Waals surface area contributed by atoms with E-state index in [0.717, 1.165) is 25.7 Å². The zero-order valence-electron chi connectivity index (χ0n) is 40.2. The van der Waals surface area contributed by atoms with E-state index in [1.54, 1.807) is 22.7 Å². The van der Waals surface area contributed by atoms with Gasteiger partial charge in [0.1, 0.15) is 0 Å². The van der Waals surface area contributed by atoms with Crippen LogP contribution in [0.4, 0.5) is 0 Å². The molecule has 0 heterocycles. The summed E-state index contributed by atoms with van der Waals surface area (Å²) in [5, 5.41) is 22.2. The fourth-order valence-corrected chi connectivity index (χ4v) is 11.5. The molecule has 0 aliphatic heterocycles. The number of unbranched alkanes of at least 4 members (excludes halogenated alkanes) is 26. The van der Waals surface area contributed by atoms with Gasteiger partial charge in [-0.1, -0.05) is 180 Å². The zero-order chi connectivity index (χ0) is 44.6. The third kappa shape index (κ3) is 47.2. The van der Waals surface area contributed by atoms with Crippen molar-refractivity contribution < 1.29 is 19.8 Å². The van der Waals surface area contributed by atoms with Gasteiger partial charge in [0, 0.05) is 34.3 Å². The number of carboxylic acids is 2. The van der Waals surface area contributed by atoms with Crippen LogP contribution in [0.5, 0.6) is 0 Å². The average Bonchev–Trinajstić information content (AvgIpc) is 3.23. The van der Waals surface area contributed by atoms with Crippen LogP contribution in [0.25, 0.3) is 0 Å². The molecule has 0 aromatic carbocycles. The SMILES string of the molecule is CCCCCCCC/C=C\CCCCCCCCC(C)(CS)C(=O)[O-].CCCCCCCC/C=C\CCCCCCCCC(C)(CS)C(=O)[O-].CCC[CH2][Sn+2][CH2]CCC. The van der Waals surface area contributed by atoms with E-state index >= 15 is 0 Å². The minimum atomic E-state index is -0.963. The minimum absolute atomic E-state index is 0.149. The number of hydrogen-bond acceptors (Lipinski definition) is 6. The van der Waals surface area contributed by atoms with Crippen molar-refractivity contribution in [3.05, 3.63) is 24.3 Å². The van der Waals surface area contributed by atoms with Gasteiger partial charge < -0.3 is 19.8 Å². The molecule has 59 heavy (non-hydrogen) atoms. The standard InChI is InChI=1S/2C22H42O2S.2C4H9.Sn/c2*1-3-4-5-6-7-8-9-10-11-12-13-14-15-16-17-18-19-22(2,20-25)21(23)24;2*1-3-4-2;/h2*10-11,25H,3-9,12-20H2,1-2H3,(H,23,24);2*1,3-4H2,2H3;/q;;;;+2/p-2/b2*11-10-;;;. The number of aliphatic carboxylic acids is 2. The van der Waals surface area contributed by atoms with Crippen LogP contribution in [0.1, 0.15) is 260 Å². The Kier molecular flexibility index (Phi) is 54.2. The first-order chi connectivity index (χ1) is 28.5. The van der Waals surface area contributed by atoms with Crippen molar-refractivity contribution in [3.8, 4) is 0 Å². The fraction of sp³-hybridized carbons (Fsp3) is 0.885. The molecule has 0 aliphatic rings. The van der Waals surface area contributed by atoms with Crippen LogP contribution in [0.15, 0.2) is 24.3 Å². The van der Waals surface area contributed by atoms with Crippen LogP contribution >= 0.6 is 25.3 Å². The molecule has 0 bridgehead atoms. The van der Waals surface area contributed by atoms with Crippen LogP contribution in [0, 0.1) is 10.8 Å². The van der Waals surface area contributed by atoms with Crippen LogP contribution in [0.3, 0.4) is 0 Å². The first-order valence-electron chi connectivity index (χ1n) is 25.2. The molecule has 348 valence electrons. The molecular formula is C52H100O4S2Sn. The van der Waals surface area contributed by atoms with Gasteiger partial charge in [0.2, 0.25) is 0 Å². The molecule has 4 nitrogen and oxygen atoms in total. The monoisotopic (exact) mass is 973 g/mol. The van der Waals surface area contributed by atoms with E-state index in [-0.39, 0.29) is 21.1 Å². The van der Waals surface area contributed by atoms with E-state index in [9.17, 15) is 19.8 Å². The molecule has 0 fully saturated rings. The number of rotatable bonds is 42. The summed E-state index contributed by atoms with van der Waals surface area (Å²) in [6.45, 7) is 12.6. The van der Waals surface area contributed by atoms with Gasteiger partial charge in [0.25, 0.3) is 0 Å². The van der Waals surface area contributed by atoms with E-state index in [1.165, 1.54) is 180 Å². The van der Waals surface area contributed by atoms with Crippen molar-refractivity contribution in [3.63, 3.8) is 0 Å². The Morgan fingerprint density at radius 1 is 0.407 bits per heavy atom. The van der Waals surface area contributed by atoms with Crippen molar-refractivity contribution in [1.82, 2.24) is 0 Å². The number of carbonyl (C=O) groups excluding carboxylic acids is 2. The average molecular weight is 972 g/mol. The Morgan fingerprint density at radius 2 is 0.644 bits per heavy atom. The fourth-order valence-electron chi connectivity index (χ4n) is 6.75. The van der Waals surface area contributed by atoms with Crippen molar-refractivity contribution in [2.75, 3.05) is 11.5 Å². The molecule has 0 aromatic rings. The van der Waals surface area contributed by atoms with Crippen molar-refractivity contribution in [2.45, 2.75) is 269 Å². The predicted octanol–water partition coefficient (Wildman–Crippen LogP) is 15.3. The van der Waals surface area contributed by atoms with E-state index in [1.807, 2.05) is 0 Å². The Bertz CT molecular complexity index is 856. The molecule has 7 heteroatoms. The van der Waals surface area contributed by atoms with Gasteiger partial charge in [-0.15, -0.1) is 0 Å². The van der Waals surface area contributed by atoms with Gasteiger partial charge in [-0.2, -0.15) is 25.3 Å². The number of allylic oxidation sites excluding steroid dienone is 4. The summed E-state index contributed by atoms with van der Waals surface area (Å²) in [5.41, 5.74) is -1.52. The van der Waals surface area contributed by atoms with Gasteiger partial charge in [0.15, 0.2) is 0 Å². The van der Waals surface area contributed by atoms with E-state index in [2.05, 4.69) is 77.3 Å². The summed E-state index contributed by atoms with van der Waals surface area (Å²) >= 11 is 8.44. The van der Waals surface area contributed by atoms with Crippen LogP contribution in [-0.4, -0.2) is 44.6 Å². The first kappa shape index (κ1) is 63.2. The molecule has 2 unspecified atom stereocenters. The molecule has 0 radical (unpaired) electrons. The summed E-state index contributed by atoms with van der Waals surface area (Å²) < 4.78 is 3.25. The van der Waals surface area contributed by atoms with Crippen molar-refractivity contribution >= 4 is 58.3 Å². The zero-order valence-corrected chi connectivity index (χ0v) is 44.8. The second-order valence-electron chi connectivity index (χ2n) is 17.8. The van der Waals surface area contributed by atoms with Gasteiger partial charge in [-0.3, -0.25) is 0 Å². The van der Waals surface area contributed by atoms with E-state index in [4.69, 9.17) is 0 Å². The summed E-state index contributed by atoms with van der Waals surface area (Å²) in [6, 6.07) is 0. The molecule has 0 N–H and O–H groups in total. The Balaban J connectivity index is -0.000000880. The third-order valence-corrected chi connectivity index (χ3v) is 17.0. The normalized spacial score (nSPS) is 13.3. The number of carboxylic acid groups (broad SMARTS) is 2. The third-order valence-electron chi connectivity index (χ3n) is 11.6. The van der Waals surface area contributed by atoms with Gasteiger partial charge in [0.05, 0.1) is 0 Å². The molecule has 0 aliphatic carbocycles. The van der Waals surface area contributed by atoms with Crippen molar-refractivity contribution in [1.29, 1.82) is 0 Å². The summed E-state index contributed by atoms with van der Waals surface area (Å²) in [6.07, 6.45) is 52.2. The summed E-state index contributed by atoms with van der Waals surface area (Å²) in [7, 11) is 0. The van der Waals surface area contributed by atoms with Crippen LogP contribution in [-0.2, 0) is 9.59 Å². The molecular weight excluding hydrogens is 871 g/mol. The van der Waals surface area contributed by atoms with E-state index in [0.29, 0.717) is 24.3 Å². The van der Waals surface area contributed by atoms with Gasteiger partial charge >= 0.3 is 69.5 Å². The Hall–Kier alpha value is -0.0813. The molecule has 0 spiro atoms. The van der Waals surface area contributed by atoms with E-state index < -0.39 is 22.8 Å². The van der Waals surface area contributed by atoms with Crippen LogP contribution in [0.2, 0.25) is 8.87 Å². The second kappa shape index (κ2) is 50.6. The topological polar surface area (TPSA) is 80.3 Å². The molecule has 2 atom stereocenters. The summed E-state index contributed by atoms with van der Waals surface area (Å²) in [5.74, 6) is -1.20. The Labute approximate surface area is 391 Å². The number of thiol groups is 2. The predicted molar refractivity (Wildman–Crippen MR) is 267 cm³/mol. The molecule has 0 rings (SSSR count). The number of hydrogen-bond donors (Lipinski definition) is 2. The van der Waals surface area contributed by atoms with Gasteiger partial charge in [-0.25, -0.2) is 0 Å². The quantitative estimate of drug-likeness (QED) is 0.0276. The van der Waals surface area contributed by atoms with Crippen LogP contribution < -0.4 is 10.2 Å². The first-order valence-corrected chi connectivity index (χ1v) is 30.5. The summed E-state index contributed by atoms with van der Waals surface area (Å²) in [4.78, 5) is 22.2. The van der Waals surface area contributed by atoms with Gasteiger partial charge in [-0.05, 0) is 64.2 Å². The number of carbonyl (C=O) groups is 2. The molecule has 0 saturated carbocycles. The molecule has 0 aromatic heterocycles. The Morgan fingerprint density at radius 3 is 0.881 bits per heavy atom.